The molecule has 0 aromatic heterocycles. The van der Waals surface area contributed by atoms with E-state index in [4.69, 9.17) is 5.11 Å². The summed E-state index contributed by atoms with van der Waals surface area (Å²) in [7, 11) is 0. The fraction of sp³-hybridized carbons (Fsp3) is 0.556. The van der Waals surface area contributed by atoms with Gasteiger partial charge in [0.05, 0.1) is 11.8 Å². The highest BCUT2D eigenvalue weighted by Crippen LogP contribution is 2.40. The lowest BCUT2D eigenvalue weighted by molar-refractivity contribution is -0.146. The van der Waals surface area contributed by atoms with Crippen LogP contribution in [0.25, 0.3) is 0 Å². The zero-order valence-corrected chi connectivity index (χ0v) is 8.63. The lowest BCUT2D eigenvalue weighted by Gasteiger charge is -2.43. The van der Waals surface area contributed by atoms with Gasteiger partial charge in [-0.1, -0.05) is 6.92 Å². The molecule has 0 spiro atoms. The number of hydrogen-bond donors (Lipinski definition) is 1. The van der Waals surface area contributed by atoms with Crippen molar-refractivity contribution in [1.82, 2.24) is 4.90 Å². The zero-order chi connectivity index (χ0) is 10.3. The first kappa shape index (κ1) is 9.58. The molecular weight excluding hydrogens is 202 g/mol. The Kier molecular flexibility index (Phi) is 2.26. The Morgan fingerprint density at radius 1 is 1.71 bits per heavy atom. The molecule has 5 heteroatoms. The Hall–Kier alpha value is -0.970. The van der Waals surface area contributed by atoms with E-state index >= 15 is 0 Å². The number of β-lactam (4-membered cyclic amide) rings is 1. The van der Waals surface area contributed by atoms with Crippen molar-refractivity contribution < 1.29 is 14.7 Å². The van der Waals surface area contributed by atoms with Crippen molar-refractivity contribution in [1.29, 1.82) is 0 Å². The fourth-order valence-electron chi connectivity index (χ4n) is 1.75. The second-order valence-electron chi connectivity index (χ2n) is 3.34. The Morgan fingerprint density at radius 2 is 2.43 bits per heavy atom. The van der Waals surface area contributed by atoms with Gasteiger partial charge in [0.15, 0.2) is 0 Å². The number of aliphatic carboxylic acids is 1. The number of fused-ring (bicyclic) bond motifs is 1. The van der Waals surface area contributed by atoms with E-state index < -0.39 is 5.97 Å². The van der Waals surface area contributed by atoms with Gasteiger partial charge >= 0.3 is 5.97 Å². The Bertz CT molecular complexity index is 337. The number of carboxylic acids is 1. The van der Waals surface area contributed by atoms with Crippen LogP contribution in [-0.4, -0.2) is 33.0 Å². The molecule has 2 aliphatic rings. The van der Waals surface area contributed by atoms with E-state index in [1.165, 1.54) is 4.90 Å². The van der Waals surface area contributed by atoms with Crippen molar-refractivity contribution in [3.8, 4) is 0 Å². The van der Waals surface area contributed by atoms with Crippen molar-refractivity contribution >= 4 is 23.6 Å². The maximum Gasteiger partial charge on any atom is 0.352 e. The van der Waals surface area contributed by atoms with Crippen LogP contribution in [0.15, 0.2) is 11.3 Å². The molecule has 0 saturated carbocycles. The fourth-order valence-corrected chi connectivity index (χ4v) is 3.12. The third-order valence-electron chi connectivity index (χ3n) is 2.56. The van der Waals surface area contributed by atoms with Gasteiger partial charge in [0.1, 0.15) is 5.70 Å². The minimum Gasteiger partial charge on any atom is -0.477 e. The maximum atomic E-state index is 11.3. The third-order valence-corrected chi connectivity index (χ3v) is 3.84. The predicted molar refractivity (Wildman–Crippen MR) is 52.7 cm³/mol. The number of carboxylic acid groups (broad SMARTS) is 1. The average molecular weight is 213 g/mol. The summed E-state index contributed by atoms with van der Waals surface area (Å²) in [5.41, 5.74) is 1.10. The molecule has 0 aromatic rings. The number of hydrogen-bond acceptors (Lipinski definition) is 3. The van der Waals surface area contributed by atoms with Gasteiger partial charge in [-0.3, -0.25) is 9.69 Å². The highest BCUT2D eigenvalue weighted by Gasteiger charge is 2.44. The van der Waals surface area contributed by atoms with E-state index in [-0.39, 0.29) is 17.0 Å². The standard InChI is InChI=1S/C9H11NO3S/c1-2-5-4-14-7-3-6(11)10(7)8(5)9(12)13/h7H,2-4H2,1H3,(H,12,13). The van der Waals surface area contributed by atoms with Crippen LogP contribution in [0.2, 0.25) is 0 Å². The van der Waals surface area contributed by atoms with E-state index in [0.29, 0.717) is 12.8 Å². The molecule has 1 saturated heterocycles. The number of rotatable bonds is 2. The van der Waals surface area contributed by atoms with Crippen LogP contribution in [0.5, 0.6) is 0 Å². The van der Waals surface area contributed by atoms with Crippen molar-refractivity contribution in [3.63, 3.8) is 0 Å². The first-order chi connectivity index (χ1) is 6.65. The molecule has 2 rings (SSSR count). The number of amides is 1. The second-order valence-corrected chi connectivity index (χ2v) is 4.51. The number of carbonyl (C=O) groups excluding carboxylic acids is 1. The number of thioether (sulfide) groups is 1. The Morgan fingerprint density at radius 3 is 2.93 bits per heavy atom. The molecule has 14 heavy (non-hydrogen) atoms. The predicted octanol–water partition coefficient (Wildman–Crippen LogP) is 1.04. The summed E-state index contributed by atoms with van der Waals surface area (Å²) >= 11 is 1.65. The van der Waals surface area contributed by atoms with Crippen molar-refractivity contribution in [2.45, 2.75) is 25.1 Å². The monoisotopic (exact) mass is 213 g/mol. The van der Waals surface area contributed by atoms with Gasteiger partial charge in [-0.15, -0.1) is 11.8 Å². The van der Waals surface area contributed by atoms with Gasteiger partial charge < -0.3 is 5.11 Å². The molecule has 1 atom stereocenters. The van der Waals surface area contributed by atoms with E-state index in [2.05, 4.69) is 0 Å². The van der Waals surface area contributed by atoms with E-state index in [9.17, 15) is 9.59 Å². The molecule has 1 amide bonds. The average Bonchev–Trinajstić information content (AvgIpc) is 2.15. The summed E-state index contributed by atoms with van der Waals surface area (Å²) in [5.74, 6) is -0.294. The molecule has 1 unspecified atom stereocenters. The molecule has 76 valence electrons. The summed E-state index contributed by atoms with van der Waals surface area (Å²) in [5, 5.41) is 9.09. The van der Waals surface area contributed by atoms with Crippen LogP contribution in [0.3, 0.4) is 0 Å². The topological polar surface area (TPSA) is 57.6 Å². The second kappa shape index (κ2) is 3.31. The largest absolute Gasteiger partial charge is 0.477 e. The zero-order valence-electron chi connectivity index (χ0n) is 7.82. The van der Waals surface area contributed by atoms with Crippen molar-refractivity contribution in [2.75, 3.05) is 5.75 Å². The van der Waals surface area contributed by atoms with Crippen LogP contribution in [0.4, 0.5) is 0 Å². The van der Waals surface area contributed by atoms with Crippen LogP contribution in [0.1, 0.15) is 19.8 Å². The highest BCUT2D eigenvalue weighted by atomic mass is 32.2. The summed E-state index contributed by atoms with van der Waals surface area (Å²) < 4.78 is 0. The lowest BCUT2D eigenvalue weighted by atomic mass is 10.1. The molecule has 1 N–H and O–H groups in total. The SMILES string of the molecule is CCC1=C(C(=O)O)N2C(=O)CC2SC1. The van der Waals surface area contributed by atoms with Crippen LogP contribution in [0, 0.1) is 0 Å². The summed E-state index contributed by atoms with van der Waals surface area (Å²) in [6.45, 7) is 1.92. The number of carbonyl (C=O) groups is 2. The Balaban J connectivity index is 2.37. The molecular formula is C9H11NO3S. The molecule has 0 aromatic carbocycles. The smallest absolute Gasteiger partial charge is 0.352 e. The third kappa shape index (κ3) is 1.23. The van der Waals surface area contributed by atoms with Crippen LogP contribution < -0.4 is 0 Å². The van der Waals surface area contributed by atoms with Crippen molar-refractivity contribution in [2.24, 2.45) is 0 Å². The molecule has 0 aliphatic carbocycles. The molecule has 2 heterocycles. The Labute approximate surface area is 86.0 Å². The molecule has 4 nitrogen and oxygen atoms in total. The number of nitrogens with zero attached hydrogens (tertiary/aromatic N) is 1. The lowest BCUT2D eigenvalue weighted by Crippen LogP contribution is -2.53. The van der Waals surface area contributed by atoms with Gasteiger partial charge in [0.25, 0.3) is 0 Å². The summed E-state index contributed by atoms with van der Waals surface area (Å²) in [6.07, 6.45) is 1.18. The first-order valence-corrected chi connectivity index (χ1v) is 5.59. The summed E-state index contributed by atoms with van der Waals surface area (Å²) in [6, 6.07) is 0. The highest BCUT2D eigenvalue weighted by molar-refractivity contribution is 8.00. The van der Waals surface area contributed by atoms with Gasteiger partial charge in [-0.25, -0.2) is 4.79 Å². The van der Waals surface area contributed by atoms with Gasteiger partial charge in [0.2, 0.25) is 5.91 Å². The molecule has 2 aliphatic heterocycles. The van der Waals surface area contributed by atoms with Crippen molar-refractivity contribution in [3.05, 3.63) is 11.3 Å². The van der Waals surface area contributed by atoms with E-state index in [1.54, 1.807) is 11.8 Å². The van der Waals surface area contributed by atoms with Crippen LogP contribution >= 0.6 is 11.8 Å². The van der Waals surface area contributed by atoms with E-state index in [0.717, 1.165) is 11.3 Å². The van der Waals surface area contributed by atoms with Crippen LogP contribution in [-0.2, 0) is 9.59 Å². The maximum absolute atomic E-state index is 11.3. The molecule has 0 radical (unpaired) electrons. The quantitative estimate of drug-likeness (QED) is 0.696. The molecule has 1 fully saturated rings. The summed E-state index contributed by atoms with van der Waals surface area (Å²) in [4.78, 5) is 23.7. The van der Waals surface area contributed by atoms with Gasteiger partial charge in [0, 0.05) is 5.75 Å². The van der Waals surface area contributed by atoms with E-state index in [1.807, 2.05) is 6.92 Å². The van der Waals surface area contributed by atoms with Gasteiger partial charge in [-0.05, 0) is 12.0 Å². The van der Waals surface area contributed by atoms with Gasteiger partial charge in [-0.2, -0.15) is 0 Å². The first-order valence-electron chi connectivity index (χ1n) is 4.54. The minimum atomic E-state index is -0.972. The minimum absolute atomic E-state index is 0.0643. The normalized spacial score (nSPS) is 25.9. The molecule has 0 bridgehead atoms.